The smallest absolute Gasteiger partial charge is 0.127 e. The maximum Gasteiger partial charge on any atom is 0.127 e. The number of hydrogen-bond acceptors (Lipinski definition) is 7. The summed E-state index contributed by atoms with van der Waals surface area (Å²) in [7, 11) is 1.65. The summed E-state index contributed by atoms with van der Waals surface area (Å²) >= 11 is 0. The number of benzene rings is 4. The van der Waals surface area contributed by atoms with Crippen LogP contribution in [0, 0.1) is 23.1 Å². The lowest BCUT2D eigenvalue weighted by Crippen LogP contribution is -2.28. The molecule has 1 atom stereocenters. The van der Waals surface area contributed by atoms with Crippen LogP contribution < -0.4 is 18.9 Å². The molecule has 0 aliphatic carbocycles. The fraction of sp³-hybridized carbons (Fsp3) is 0.326. The summed E-state index contributed by atoms with van der Waals surface area (Å²) in [5.41, 5.74) is 9.14. The lowest BCUT2D eigenvalue weighted by molar-refractivity contribution is 0.241. The minimum absolute atomic E-state index is 0.259. The van der Waals surface area contributed by atoms with E-state index in [1.807, 2.05) is 48.5 Å². The zero-order valence-corrected chi connectivity index (χ0v) is 29.0. The summed E-state index contributed by atoms with van der Waals surface area (Å²) in [6, 6.07) is 28.9. The Labute approximate surface area is 299 Å². The summed E-state index contributed by atoms with van der Waals surface area (Å²) < 4.78 is 39.0. The average Bonchev–Trinajstić information content (AvgIpc) is 3.86. The molecule has 4 aliphatic heterocycles. The molecule has 2 fully saturated rings. The zero-order chi connectivity index (χ0) is 34.7. The van der Waals surface area contributed by atoms with E-state index < -0.39 is 0 Å². The van der Waals surface area contributed by atoms with Crippen LogP contribution in [-0.4, -0.2) is 76.0 Å². The van der Waals surface area contributed by atoms with Gasteiger partial charge in [-0.1, -0.05) is 24.3 Å². The van der Waals surface area contributed by atoms with Crippen LogP contribution in [0.15, 0.2) is 96.1 Å². The van der Waals surface area contributed by atoms with Gasteiger partial charge in [0, 0.05) is 36.7 Å². The lowest BCUT2D eigenvalue weighted by atomic mass is 9.90. The molecule has 51 heavy (non-hydrogen) atoms. The van der Waals surface area contributed by atoms with E-state index in [1.165, 1.54) is 30.1 Å². The minimum Gasteiger partial charge on any atom is -0.497 e. The van der Waals surface area contributed by atoms with Gasteiger partial charge in [0.1, 0.15) is 42.0 Å². The van der Waals surface area contributed by atoms with Crippen molar-refractivity contribution in [2.24, 2.45) is 5.92 Å². The first kappa shape index (κ1) is 33.1. The molecular formula is C43H42FN3O4. The van der Waals surface area contributed by atoms with E-state index >= 15 is 0 Å². The molecule has 2 saturated heterocycles. The van der Waals surface area contributed by atoms with Gasteiger partial charge in [0.05, 0.1) is 25.3 Å². The first-order valence-corrected chi connectivity index (χ1v) is 17.9. The molecule has 8 rings (SSSR count). The van der Waals surface area contributed by atoms with Crippen molar-refractivity contribution >= 4 is 11.1 Å². The SMILES string of the molecule is COc1ccc2c(c1)C(c1cccc(F)c1)=C(CN1CCC(COc3ccc4c(c3)C(c3ccc(C#N)cc3)=C(CN3CCCC3)CO4)C1)CO2. The number of likely N-dealkylation sites (tertiary alicyclic amines) is 2. The van der Waals surface area contributed by atoms with Crippen molar-refractivity contribution in [2.75, 3.05) is 66.2 Å². The van der Waals surface area contributed by atoms with E-state index in [9.17, 15) is 9.65 Å². The van der Waals surface area contributed by atoms with Gasteiger partial charge in [0.15, 0.2) is 0 Å². The molecule has 4 heterocycles. The van der Waals surface area contributed by atoms with E-state index in [-0.39, 0.29) is 5.82 Å². The number of fused-ring (bicyclic) bond motifs is 2. The third kappa shape index (κ3) is 7.10. The van der Waals surface area contributed by atoms with Gasteiger partial charge in [0.25, 0.3) is 0 Å². The molecule has 0 radical (unpaired) electrons. The van der Waals surface area contributed by atoms with Crippen molar-refractivity contribution in [1.29, 1.82) is 5.26 Å². The Kier molecular flexibility index (Phi) is 9.49. The van der Waals surface area contributed by atoms with Gasteiger partial charge in [-0.3, -0.25) is 9.80 Å². The first-order chi connectivity index (χ1) is 25.0. The van der Waals surface area contributed by atoms with Gasteiger partial charge in [-0.2, -0.15) is 5.26 Å². The maximum atomic E-state index is 14.5. The third-order valence-electron chi connectivity index (χ3n) is 10.5. The van der Waals surface area contributed by atoms with Crippen molar-refractivity contribution < 1.29 is 23.3 Å². The Morgan fingerprint density at radius 1 is 0.765 bits per heavy atom. The lowest BCUT2D eigenvalue weighted by Gasteiger charge is -2.28. The number of rotatable bonds is 10. The van der Waals surface area contributed by atoms with Crippen LogP contribution in [0.25, 0.3) is 11.1 Å². The summed E-state index contributed by atoms with van der Waals surface area (Å²) in [5.74, 6) is 3.31. The monoisotopic (exact) mass is 683 g/mol. The molecule has 0 saturated carbocycles. The second-order valence-corrected chi connectivity index (χ2v) is 13.9. The minimum atomic E-state index is -0.259. The Hall–Kier alpha value is -5.10. The number of nitrogens with zero attached hydrogens (tertiary/aromatic N) is 3. The van der Waals surface area contributed by atoms with Gasteiger partial charge in [-0.05, 0) is 133 Å². The van der Waals surface area contributed by atoms with Crippen LogP contribution in [0.3, 0.4) is 0 Å². The highest BCUT2D eigenvalue weighted by atomic mass is 19.1. The Morgan fingerprint density at radius 2 is 1.43 bits per heavy atom. The van der Waals surface area contributed by atoms with Crippen molar-refractivity contribution in [3.05, 3.63) is 130 Å². The highest BCUT2D eigenvalue weighted by Crippen LogP contribution is 2.42. The van der Waals surface area contributed by atoms with Gasteiger partial charge in [-0.25, -0.2) is 4.39 Å². The molecule has 0 bridgehead atoms. The van der Waals surface area contributed by atoms with E-state index in [4.69, 9.17) is 18.9 Å². The topological polar surface area (TPSA) is 67.2 Å². The predicted molar refractivity (Wildman–Crippen MR) is 196 cm³/mol. The number of nitriles is 1. The van der Waals surface area contributed by atoms with Crippen LogP contribution in [0.2, 0.25) is 0 Å². The zero-order valence-electron chi connectivity index (χ0n) is 29.0. The van der Waals surface area contributed by atoms with E-state index in [0.717, 1.165) is 102 Å². The van der Waals surface area contributed by atoms with Crippen LogP contribution in [0.4, 0.5) is 4.39 Å². The van der Waals surface area contributed by atoms with E-state index in [2.05, 4.69) is 34.1 Å². The normalized spacial score (nSPS) is 18.9. The predicted octanol–water partition coefficient (Wildman–Crippen LogP) is 7.59. The Morgan fingerprint density at radius 3 is 2.12 bits per heavy atom. The molecule has 0 spiro atoms. The number of halogens is 1. The Bertz CT molecular complexity index is 2030. The van der Waals surface area contributed by atoms with Crippen molar-refractivity contribution in [2.45, 2.75) is 19.3 Å². The molecule has 0 aromatic heterocycles. The summed E-state index contributed by atoms with van der Waals surface area (Å²) in [4.78, 5) is 4.96. The summed E-state index contributed by atoms with van der Waals surface area (Å²) in [5, 5.41) is 9.41. The van der Waals surface area contributed by atoms with Gasteiger partial charge < -0.3 is 18.9 Å². The van der Waals surface area contributed by atoms with Crippen LogP contribution in [-0.2, 0) is 0 Å². The number of methoxy groups -OCH3 is 1. The van der Waals surface area contributed by atoms with E-state index in [0.29, 0.717) is 31.3 Å². The van der Waals surface area contributed by atoms with Gasteiger partial charge in [-0.15, -0.1) is 0 Å². The molecule has 4 aromatic rings. The average molecular weight is 684 g/mol. The van der Waals surface area contributed by atoms with Crippen LogP contribution in [0.1, 0.15) is 47.1 Å². The number of ether oxygens (including phenoxy) is 4. The molecule has 0 amide bonds. The van der Waals surface area contributed by atoms with Crippen molar-refractivity contribution in [3.8, 4) is 29.1 Å². The molecule has 0 N–H and O–H groups in total. The van der Waals surface area contributed by atoms with Crippen LogP contribution in [0.5, 0.6) is 23.0 Å². The van der Waals surface area contributed by atoms with Crippen LogP contribution >= 0.6 is 0 Å². The fourth-order valence-electron chi connectivity index (χ4n) is 7.94. The second-order valence-electron chi connectivity index (χ2n) is 13.9. The summed E-state index contributed by atoms with van der Waals surface area (Å²) in [6.07, 6.45) is 3.49. The Balaban J connectivity index is 0.995. The summed E-state index contributed by atoms with van der Waals surface area (Å²) in [6.45, 7) is 7.28. The fourth-order valence-corrected chi connectivity index (χ4v) is 7.94. The van der Waals surface area contributed by atoms with Crippen molar-refractivity contribution in [1.82, 2.24) is 9.80 Å². The molecule has 8 heteroatoms. The third-order valence-corrected chi connectivity index (χ3v) is 10.5. The largest absolute Gasteiger partial charge is 0.497 e. The first-order valence-electron chi connectivity index (χ1n) is 17.9. The molecule has 4 aliphatic rings. The molecule has 260 valence electrons. The highest BCUT2D eigenvalue weighted by molar-refractivity contribution is 5.88. The molecule has 7 nitrogen and oxygen atoms in total. The quantitative estimate of drug-likeness (QED) is 0.171. The number of hydrogen-bond donors (Lipinski definition) is 0. The standard InChI is InChI=1S/C43H42FN3O4/c1-48-36-11-13-40-38(20-36)43(32-5-4-6-35(44)19-32)34(28-51-40)25-47-18-15-30(23-47)26-49-37-12-14-41-39(21-37)42(31-9-7-29(22-45)8-10-31)33(27-50-41)24-46-16-2-3-17-46/h4-14,19-21,30H,2-3,15-18,23-28H2,1H3. The molecular weight excluding hydrogens is 641 g/mol. The second kappa shape index (κ2) is 14.6. The van der Waals surface area contributed by atoms with Gasteiger partial charge >= 0.3 is 0 Å². The van der Waals surface area contributed by atoms with Gasteiger partial charge in [0.2, 0.25) is 0 Å². The van der Waals surface area contributed by atoms with Crippen molar-refractivity contribution in [3.63, 3.8) is 0 Å². The maximum absolute atomic E-state index is 14.5. The molecule has 1 unspecified atom stereocenters. The van der Waals surface area contributed by atoms with E-state index in [1.54, 1.807) is 19.2 Å². The molecule has 4 aromatic carbocycles. The highest BCUT2D eigenvalue weighted by Gasteiger charge is 2.29.